The predicted octanol–water partition coefficient (Wildman–Crippen LogP) is 4.26. The number of carbonyl (C=O) groups is 1. The molecule has 0 radical (unpaired) electrons. The van der Waals surface area contributed by atoms with Crippen LogP contribution < -0.4 is 5.63 Å². The molecule has 4 rings (SSSR count). The molecule has 2 heterocycles. The van der Waals surface area contributed by atoms with E-state index in [1.807, 2.05) is 51.1 Å². The lowest BCUT2D eigenvalue weighted by molar-refractivity contribution is 0.0474. The Morgan fingerprint density at radius 2 is 1.83 bits per heavy atom. The number of rotatable bonds is 4. The first-order valence-corrected chi connectivity index (χ1v) is 9.25. The van der Waals surface area contributed by atoms with E-state index in [1.54, 1.807) is 23.0 Å². The fourth-order valence-electron chi connectivity index (χ4n) is 3.25. The highest BCUT2D eigenvalue weighted by Crippen LogP contribution is 2.24. The van der Waals surface area contributed by atoms with E-state index in [1.165, 1.54) is 6.07 Å². The molecule has 146 valence electrons. The standard InChI is InChI=1S/C23H20N2O4/c1-14-4-9-20-18(12-21(26)29-22(20)16(14)3)13-28-23(27)17-5-7-19(8-6-17)25-15(2)10-11-24-25/h4-12H,13H2,1-3H3. The summed E-state index contributed by atoms with van der Waals surface area (Å²) >= 11 is 0. The minimum absolute atomic E-state index is 0.0105. The summed E-state index contributed by atoms with van der Waals surface area (Å²) in [5, 5.41) is 5.02. The van der Waals surface area contributed by atoms with Crippen LogP contribution in [0, 0.1) is 20.8 Å². The van der Waals surface area contributed by atoms with Gasteiger partial charge in [-0.25, -0.2) is 14.3 Å². The highest BCUT2D eigenvalue weighted by Gasteiger charge is 2.13. The molecular weight excluding hydrogens is 368 g/mol. The lowest BCUT2D eigenvalue weighted by atomic mass is 10.0. The van der Waals surface area contributed by atoms with E-state index in [-0.39, 0.29) is 6.61 Å². The van der Waals surface area contributed by atoms with E-state index in [2.05, 4.69) is 5.10 Å². The predicted molar refractivity (Wildman–Crippen MR) is 109 cm³/mol. The van der Waals surface area contributed by atoms with Crippen molar-refractivity contribution in [2.45, 2.75) is 27.4 Å². The molecule has 0 aliphatic heterocycles. The van der Waals surface area contributed by atoms with Crippen molar-refractivity contribution in [1.29, 1.82) is 0 Å². The quantitative estimate of drug-likeness (QED) is 0.386. The van der Waals surface area contributed by atoms with Gasteiger partial charge >= 0.3 is 11.6 Å². The number of carbonyl (C=O) groups excluding carboxylic acids is 1. The molecule has 0 atom stereocenters. The average Bonchev–Trinajstić information content (AvgIpc) is 3.15. The van der Waals surface area contributed by atoms with Crippen molar-refractivity contribution in [2.24, 2.45) is 0 Å². The van der Waals surface area contributed by atoms with E-state index in [4.69, 9.17) is 9.15 Å². The first-order valence-electron chi connectivity index (χ1n) is 9.25. The van der Waals surface area contributed by atoms with Crippen LogP contribution in [0.3, 0.4) is 0 Å². The highest BCUT2D eigenvalue weighted by atomic mass is 16.5. The molecule has 2 aromatic heterocycles. The van der Waals surface area contributed by atoms with E-state index < -0.39 is 11.6 Å². The third-order valence-corrected chi connectivity index (χ3v) is 5.06. The molecule has 0 saturated carbocycles. The molecule has 0 unspecified atom stereocenters. The number of nitrogens with zero attached hydrogens (tertiary/aromatic N) is 2. The van der Waals surface area contributed by atoms with Crippen molar-refractivity contribution in [2.75, 3.05) is 0 Å². The fraction of sp³-hybridized carbons (Fsp3) is 0.174. The summed E-state index contributed by atoms with van der Waals surface area (Å²) in [4.78, 5) is 24.4. The Labute approximate surface area is 167 Å². The van der Waals surface area contributed by atoms with E-state index >= 15 is 0 Å². The summed E-state index contributed by atoms with van der Waals surface area (Å²) in [6.07, 6.45) is 1.72. The van der Waals surface area contributed by atoms with Crippen molar-refractivity contribution < 1.29 is 13.9 Å². The minimum atomic E-state index is -0.462. The van der Waals surface area contributed by atoms with Crippen LogP contribution in [0.2, 0.25) is 0 Å². The largest absolute Gasteiger partial charge is 0.457 e. The van der Waals surface area contributed by atoms with Crippen molar-refractivity contribution >= 4 is 16.9 Å². The summed E-state index contributed by atoms with van der Waals surface area (Å²) in [6, 6.07) is 14.1. The van der Waals surface area contributed by atoms with Crippen LogP contribution in [0.4, 0.5) is 0 Å². The number of benzene rings is 2. The Kier molecular flexibility index (Phi) is 4.76. The van der Waals surface area contributed by atoms with Crippen LogP contribution in [0.1, 0.15) is 32.7 Å². The van der Waals surface area contributed by atoms with Gasteiger partial charge in [0, 0.05) is 28.9 Å². The topological polar surface area (TPSA) is 74.3 Å². The van der Waals surface area contributed by atoms with Crippen molar-refractivity contribution in [3.63, 3.8) is 0 Å². The van der Waals surface area contributed by atoms with Gasteiger partial charge in [0.25, 0.3) is 0 Å². The SMILES string of the molecule is Cc1ccc2c(COC(=O)c3ccc(-n4nccc4C)cc3)cc(=O)oc2c1C. The molecule has 0 aliphatic rings. The van der Waals surface area contributed by atoms with Crippen molar-refractivity contribution in [3.05, 3.63) is 93.1 Å². The van der Waals surface area contributed by atoms with Crippen LogP contribution in [-0.4, -0.2) is 15.7 Å². The number of fused-ring (bicyclic) bond motifs is 1. The normalized spacial score (nSPS) is 11.0. The first-order chi connectivity index (χ1) is 13.9. The van der Waals surface area contributed by atoms with E-state index in [9.17, 15) is 9.59 Å². The number of aryl methyl sites for hydroxylation is 3. The van der Waals surface area contributed by atoms with Gasteiger partial charge in [-0.15, -0.1) is 0 Å². The van der Waals surface area contributed by atoms with Crippen LogP contribution in [0.15, 0.2) is 63.9 Å². The van der Waals surface area contributed by atoms with Crippen LogP contribution in [0.5, 0.6) is 0 Å². The van der Waals surface area contributed by atoms with Gasteiger partial charge in [-0.1, -0.05) is 12.1 Å². The molecule has 0 saturated heterocycles. The Bertz CT molecular complexity index is 1270. The number of aromatic nitrogens is 2. The van der Waals surface area contributed by atoms with Gasteiger partial charge in [0.15, 0.2) is 0 Å². The second-order valence-corrected chi connectivity index (χ2v) is 6.98. The molecule has 0 fully saturated rings. The number of hydrogen-bond acceptors (Lipinski definition) is 5. The molecule has 0 N–H and O–H groups in total. The van der Waals surface area contributed by atoms with Gasteiger partial charge in [0.1, 0.15) is 12.2 Å². The molecule has 0 amide bonds. The summed E-state index contributed by atoms with van der Waals surface area (Å²) < 4.78 is 12.6. The second-order valence-electron chi connectivity index (χ2n) is 6.98. The highest BCUT2D eigenvalue weighted by molar-refractivity contribution is 5.90. The number of ether oxygens (including phenoxy) is 1. The third kappa shape index (κ3) is 3.57. The Balaban J connectivity index is 1.55. The average molecular weight is 388 g/mol. The Hall–Kier alpha value is -3.67. The molecule has 2 aromatic carbocycles. The Morgan fingerprint density at radius 1 is 1.07 bits per heavy atom. The maximum Gasteiger partial charge on any atom is 0.338 e. The summed E-state index contributed by atoms with van der Waals surface area (Å²) in [7, 11) is 0. The molecule has 0 aliphatic carbocycles. The molecule has 6 nitrogen and oxygen atoms in total. The molecule has 4 aromatic rings. The zero-order chi connectivity index (χ0) is 20.5. The number of hydrogen-bond donors (Lipinski definition) is 0. The van der Waals surface area contributed by atoms with Gasteiger partial charge in [0.2, 0.25) is 0 Å². The zero-order valence-electron chi connectivity index (χ0n) is 16.4. The van der Waals surface area contributed by atoms with Crippen molar-refractivity contribution in [3.8, 4) is 5.69 Å². The van der Waals surface area contributed by atoms with Gasteiger partial charge in [-0.3, -0.25) is 0 Å². The van der Waals surface area contributed by atoms with Crippen LogP contribution >= 0.6 is 0 Å². The smallest absolute Gasteiger partial charge is 0.338 e. The van der Waals surface area contributed by atoms with E-state index in [0.29, 0.717) is 16.7 Å². The molecule has 0 spiro atoms. The second kappa shape index (κ2) is 7.39. The Morgan fingerprint density at radius 3 is 2.52 bits per heavy atom. The number of esters is 1. The molecular formula is C23H20N2O4. The van der Waals surface area contributed by atoms with Crippen molar-refractivity contribution in [1.82, 2.24) is 9.78 Å². The zero-order valence-corrected chi connectivity index (χ0v) is 16.4. The van der Waals surface area contributed by atoms with Gasteiger partial charge in [0.05, 0.1) is 11.3 Å². The lowest BCUT2D eigenvalue weighted by Gasteiger charge is -2.10. The molecule has 0 bridgehead atoms. The van der Waals surface area contributed by atoms with E-state index in [0.717, 1.165) is 27.9 Å². The van der Waals surface area contributed by atoms with Crippen LogP contribution in [0.25, 0.3) is 16.7 Å². The maximum absolute atomic E-state index is 12.5. The summed E-state index contributed by atoms with van der Waals surface area (Å²) in [6.45, 7) is 5.80. The third-order valence-electron chi connectivity index (χ3n) is 5.06. The monoisotopic (exact) mass is 388 g/mol. The molecule has 6 heteroatoms. The lowest BCUT2D eigenvalue weighted by Crippen LogP contribution is -2.09. The van der Waals surface area contributed by atoms with Gasteiger partial charge < -0.3 is 9.15 Å². The summed E-state index contributed by atoms with van der Waals surface area (Å²) in [5.74, 6) is -0.459. The maximum atomic E-state index is 12.5. The first kappa shape index (κ1) is 18.7. The summed E-state index contributed by atoms with van der Waals surface area (Å²) in [5.41, 5.74) is 4.91. The minimum Gasteiger partial charge on any atom is -0.457 e. The van der Waals surface area contributed by atoms with Gasteiger partial charge in [-0.2, -0.15) is 5.10 Å². The van der Waals surface area contributed by atoms with Crippen LogP contribution in [-0.2, 0) is 11.3 Å². The van der Waals surface area contributed by atoms with Gasteiger partial charge in [-0.05, 0) is 62.2 Å². The fourth-order valence-corrected chi connectivity index (χ4v) is 3.25. The molecule has 29 heavy (non-hydrogen) atoms.